The molecule has 0 unspecified atom stereocenters. The Morgan fingerprint density at radius 2 is 2.00 bits per heavy atom. The van der Waals surface area contributed by atoms with Crippen LogP contribution in [0.5, 0.6) is 0 Å². The van der Waals surface area contributed by atoms with E-state index in [2.05, 4.69) is 47.8 Å². The summed E-state index contributed by atoms with van der Waals surface area (Å²) in [4.78, 5) is 10.2. The maximum atomic E-state index is 10.2. The van der Waals surface area contributed by atoms with Gasteiger partial charge in [0.1, 0.15) is 0 Å². The van der Waals surface area contributed by atoms with Crippen LogP contribution in [0.15, 0.2) is 0 Å². The Labute approximate surface area is 73.6 Å². The molecule has 0 radical (unpaired) electrons. The van der Waals surface area contributed by atoms with Gasteiger partial charge in [0.05, 0.1) is 3.74 Å². The molecule has 0 saturated carbocycles. The van der Waals surface area contributed by atoms with Crippen LogP contribution in [0.4, 0.5) is 0 Å². The summed E-state index contributed by atoms with van der Waals surface area (Å²) in [6.45, 7) is 0. The SMILES string of the molecule is O=C(Br)CCC(Br)Br. The van der Waals surface area contributed by atoms with Crippen LogP contribution in [-0.4, -0.2) is 8.43 Å². The third-order valence-corrected chi connectivity index (χ3v) is 1.87. The maximum Gasteiger partial charge on any atom is 0.197 e. The molecule has 0 fully saturated rings. The minimum atomic E-state index is 0.0569. The zero-order chi connectivity index (χ0) is 6.57. The van der Waals surface area contributed by atoms with Crippen molar-refractivity contribution in [3.63, 3.8) is 0 Å². The topological polar surface area (TPSA) is 17.1 Å². The van der Waals surface area contributed by atoms with E-state index in [1.807, 2.05) is 0 Å². The minimum absolute atomic E-state index is 0.0569. The Kier molecular flexibility index (Phi) is 5.63. The molecule has 0 aromatic rings. The van der Waals surface area contributed by atoms with Gasteiger partial charge < -0.3 is 0 Å². The van der Waals surface area contributed by atoms with E-state index in [4.69, 9.17) is 0 Å². The molecule has 0 aliphatic rings. The van der Waals surface area contributed by atoms with Gasteiger partial charge in [-0.2, -0.15) is 0 Å². The number of halogens is 3. The number of carbonyl (C=O) groups excluding carboxylic acids is 1. The van der Waals surface area contributed by atoms with E-state index in [0.29, 0.717) is 6.42 Å². The highest BCUT2D eigenvalue weighted by Gasteiger charge is 1.99. The van der Waals surface area contributed by atoms with Crippen LogP contribution in [0.1, 0.15) is 12.8 Å². The molecule has 0 aliphatic heterocycles. The molecular weight excluding hydrogens is 304 g/mol. The molecule has 0 spiro atoms. The minimum Gasteiger partial charge on any atom is -0.287 e. The molecule has 0 amide bonds. The fourth-order valence-corrected chi connectivity index (χ4v) is 0.909. The van der Waals surface area contributed by atoms with Crippen molar-refractivity contribution < 1.29 is 4.79 Å². The number of hydrogen-bond acceptors (Lipinski definition) is 1. The predicted molar refractivity (Wildman–Crippen MR) is 44.8 cm³/mol. The molecule has 0 aromatic carbocycles. The average Bonchev–Trinajstić information content (AvgIpc) is 1.61. The van der Waals surface area contributed by atoms with Gasteiger partial charge in [0.25, 0.3) is 0 Å². The van der Waals surface area contributed by atoms with Gasteiger partial charge >= 0.3 is 0 Å². The van der Waals surface area contributed by atoms with E-state index >= 15 is 0 Å². The zero-order valence-corrected chi connectivity index (χ0v) is 8.79. The van der Waals surface area contributed by atoms with Gasteiger partial charge in [-0.3, -0.25) is 4.79 Å². The lowest BCUT2D eigenvalue weighted by molar-refractivity contribution is -0.110. The first kappa shape index (κ1) is 9.11. The van der Waals surface area contributed by atoms with Crippen molar-refractivity contribution >= 4 is 52.5 Å². The van der Waals surface area contributed by atoms with Crippen LogP contribution < -0.4 is 0 Å². The first-order valence-electron chi connectivity index (χ1n) is 2.09. The van der Waals surface area contributed by atoms with E-state index < -0.39 is 0 Å². The molecule has 0 rings (SSSR count). The number of rotatable bonds is 3. The van der Waals surface area contributed by atoms with Crippen LogP contribution in [-0.2, 0) is 4.79 Å². The van der Waals surface area contributed by atoms with Gasteiger partial charge in [-0.25, -0.2) is 0 Å². The van der Waals surface area contributed by atoms with Crippen LogP contribution >= 0.6 is 47.8 Å². The third-order valence-electron chi connectivity index (χ3n) is 0.559. The summed E-state index contributed by atoms with van der Waals surface area (Å²) in [5.41, 5.74) is 0. The fraction of sp³-hybridized carbons (Fsp3) is 0.750. The van der Waals surface area contributed by atoms with Crippen LogP contribution in [0.25, 0.3) is 0 Å². The van der Waals surface area contributed by atoms with Crippen LogP contribution in [0.3, 0.4) is 0 Å². The zero-order valence-electron chi connectivity index (χ0n) is 4.03. The summed E-state index contributed by atoms with van der Waals surface area (Å²) in [7, 11) is 0. The molecular formula is C4H5Br3O. The lowest BCUT2D eigenvalue weighted by Gasteiger charge is -1.93. The standard InChI is InChI=1S/C4H5Br3O/c5-3(6)1-2-4(7)8/h3H,1-2H2. The van der Waals surface area contributed by atoms with Gasteiger partial charge in [0, 0.05) is 6.42 Å². The van der Waals surface area contributed by atoms with Crippen molar-refractivity contribution in [1.82, 2.24) is 0 Å². The van der Waals surface area contributed by atoms with Crippen LogP contribution in [0.2, 0.25) is 0 Å². The Hall–Kier alpha value is 1.11. The second-order valence-electron chi connectivity index (χ2n) is 1.28. The highest BCUT2D eigenvalue weighted by atomic mass is 79.9. The van der Waals surface area contributed by atoms with Gasteiger partial charge in [-0.15, -0.1) is 0 Å². The van der Waals surface area contributed by atoms with E-state index in [0.717, 1.165) is 6.42 Å². The monoisotopic (exact) mass is 306 g/mol. The first-order chi connectivity index (χ1) is 3.63. The molecule has 8 heavy (non-hydrogen) atoms. The largest absolute Gasteiger partial charge is 0.287 e. The number of alkyl halides is 2. The van der Waals surface area contributed by atoms with Crippen molar-refractivity contribution in [2.24, 2.45) is 0 Å². The summed E-state index contributed by atoms with van der Waals surface area (Å²) in [5.74, 6) is 0. The summed E-state index contributed by atoms with van der Waals surface area (Å²) >= 11 is 9.32. The second-order valence-corrected chi connectivity index (χ2v) is 5.61. The summed E-state index contributed by atoms with van der Waals surface area (Å²) in [6, 6.07) is 0. The molecule has 0 aliphatic carbocycles. The van der Waals surface area contributed by atoms with Crippen molar-refractivity contribution in [2.45, 2.75) is 16.6 Å². The first-order valence-corrected chi connectivity index (χ1v) is 4.72. The summed E-state index contributed by atoms with van der Waals surface area (Å²) in [5, 5.41) is 0. The average molecular weight is 309 g/mol. The molecule has 4 heteroatoms. The van der Waals surface area contributed by atoms with Crippen LogP contribution in [0, 0.1) is 0 Å². The second kappa shape index (κ2) is 4.94. The fourth-order valence-electron chi connectivity index (χ4n) is 0.223. The van der Waals surface area contributed by atoms with E-state index in [1.165, 1.54) is 0 Å². The summed E-state index contributed by atoms with van der Waals surface area (Å²) < 4.78 is 0.318. The van der Waals surface area contributed by atoms with Crippen molar-refractivity contribution in [3.05, 3.63) is 0 Å². The molecule has 0 atom stereocenters. The number of hydrogen-bond donors (Lipinski definition) is 0. The highest BCUT2D eigenvalue weighted by molar-refractivity contribution is 9.24. The van der Waals surface area contributed by atoms with Gasteiger partial charge in [-0.1, -0.05) is 31.9 Å². The normalized spacial score (nSPS) is 10.0. The number of carbonyl (C=O) groups is 1. The predicted octanol–water partition coefficient (Wildman–Crippen LogP) is 2.80. The molecule has 1 nitrogen and oxygen atoms in total. The van der Waals surface area contributed by atoms with E-state index in [-0.39, 0.29) is 8.43 Å². The third kappa shape index (κ3) is 7.11. The molecule has 0 heterocycles. The lowest BCUT2D eigenvalue weighted by Crippen LogP contribution is -1.89. The molecule has 0 aromatic heterocycles. The van der Waals surface area contributed by atoms with Gasteiger partial charge in [-0.05, 0) is 22.4 Å². The molecule has 0 bridgehead atoms. The molecule has 48 valence electrons. The Morgan fingerprint density at radius 3 is 2.12 bits per heavy atom. The quantitative estimate of drug-likeness (QED) is 0.579. The Bertz CT molecular complexity index is 81.4. The Balaban J connectivity index is 3.05. The van der Waals surface area contributed by atoms with E-state index in [1.54, 1.807) is 0 Å². The highest BCUT2D eigenvalue weighted by Crippen LogP contribution is 2.15. The van der Waals surface area contributed by atoms with Crippen molar-refractivity contribution in [3.8, 4) is 0 Å². The maximum absolute atomic E-state index is 10.2. The van der Waals surface area contributed by atoms with Gasteiger partial charge in [0.15, 0.2) is 4.69 Å². The van der Waals surface area contributed by atoms with Crippen molar-refractivity contribution in [2.75, 3.05) is 0 Å². The van der Waals surface area contributed by atoms with Gasteiger partial charge in [0.2, 0.25) is 0 Å². The van der Waals surface area contributed by atoms with E-state index in [9.17, 15) is 4.79 Å². The Morgan fingerprint density at radius 1 is 1.50 bits per heavy atom. The molecule has 0 N–H and O–H groups in total. The smallest absolute Gasteiger partial charge is 0.197 e. The lowest BCUT2D eigenvalue weighted by atomic mass is 10.4. The van der Waals surface area contributed by atoms with Crippen molar-refractivity contribution in [1.29, 1.82) is 0 Å². The summed E-state index contributed by atoms with van der Waals surface area (Å²) in [6.07, 6.45) is 1.39. The molecule has 0 saturated heterocycles.